The quantitative estimate of drug-likeness (QED) is 0.635. The number of hydrogen-bond donors (Lipinski definition) is 1. The number of nitrogens with zero attached hydrogens (tertiary/aromatic N) is 2. The van der Waals surface area contributed by atoms with Crippen LogP contribution in [0.1, 0.15) is 32.0 Å². The number of unbranched alkanes of at least 4 members (excludes halogenated alkanes) is 1. The fourth-order valence-electron chi connectivity index (χ4n) is 1.61. The molecular formula is C13H25N3O. The van der Waals surface area contributed by atoms with E-state index in [0.717, 1.165) is 45.1 Å². The molecule has 0 amide bonds. The van der Waals surface area contributed by atoms with Crippen LogP contribution >= 0.6 is 0 Å². The Morgan fingerprint density at radius 3 is 2.82 bits per heavy atom. The molecule has 0 aliphatic rings. The van der Waals surface area contributed by atoms with E-state index in [1.54, 1.807) is 0 Å². The van der Waals surface area contributed by atoms with Gasteiger partial charge in [0.2, 0.25) is 0 Å². The second-order valence-corrected chi connectivity index (χ2v) is 4.24. The first-order chi connectivity index (χ1) is 8.34. The number of hydrogen-bond acceptors (Lipinski definition) is 3. The highest BCUT2D eigenvalue weighted by molar-refractivity contribution is 4.88. The van der Waals surface area contributed by atoms with Gasteiger partial charge in [0.25, 0.3) is 0 Å². The predicted octanol–water partition coefficient (Wildman–Crippen LogP) is 1.99. The lowest BCUT2D eigenvalue weighted by molar-refractivity contribution is 0.129. The lowest BCUT2D eigenvalue weighted by atomic mass is 10.3. The van der Waals surface area contributed by atoms with Crippen LogP contribution in [0.4, 0.5) is 0 Å². The summed E-state index contributed by atoms with van der Waals surface area (Å²) in [5, 5.41) is 3.41. The van der Waals surface area contributed by atoms with Crippen LogP contribution in [-0.4, -0.2) is 35.9 Å². The third kappa shape index (κ3) is 6.44. The largest absolute Gasteiger partial charge is 0.381 e. The highest BCUT2D eigenvalue weighted by Crippen LogP contribution is 1.93. The number of nitrogens with one attached hydrogen (secondary N) is 1. The first-order valence-corrected chi connectivity index (χ1v) is 6.60. The second kappa shape index (κ2) is 9.19. The van der Waals surface area contributed by atoms with Crippen molar-refractivity contribution in [3.05, 3.63) is 18.2 Å². The molecule has 0 aliphatic carbocycles. The van der Waals surface area contributed by atoms with Crippen molar-refractivity contribution in [2.24, 2.45) is 0 Å². The predicted molar refractivity (Wildman–Crippen MR) is 70.2 cm³/mol. The van der Waals surface area contributed by atoms with Gasteiger partial charge in [-0.25, -0.2) is 4.98 Å². The number of rotatable bonds is 10. The molecule has 1 N–H and O–H groups in total. The molecule has 4 heteroatoms. The Morgan fingerprint density at radius 1 is 1.29 bits per heavy atom. The third-order valence-corrected chi connectivity index (χ3v) is 2.74. The maximum absolute atomic E-state index is 5.49. The molecule has 1 heterocycles. The van der Waals surface area contributed by atoms with Crippen LogP contribution in [0.2, 0.25) is 0 Å². The Hall–Kier alpha value is -0.870. The molecule has 17 heavy (non-hydrogen) atoms. The van der Waals surface area contributed by atoms with Crippen LogP contribution < -0.4 is 5.32 Å². The van der Waals surface area contributed by atoms with Crippen LogP contribution in [0.5, 0.6) is 0 Å². The average molecular weight is 239 g/mol. The zero-order chi connectivity index (χ0) is 12.3. The molecule has 1 aromatic heterocycles. The van der Waals surface area contributed by atoms with Gasteiger partial charge in [0, 0.05) is 38.7 Å². The summed E-state index contributed by atoms with van der Waals surface area (Å²) in [6, 6.07) is 0. The molecule has 0 fully saturated rings. The first kappa shape index (κ1) is 14.2. The van der Waals surface area contributed by atoms with Crippen LogP contribution in [0, 0.1) is 6.92 Å². The number of aromatic nitrogens is 2. The molecule has 0 unspecified atom stereocenters. The monoisotopic (exact) mass is 239 g/mol. The lowest BCUT2D eigenvalue weighted by Crippen LogP contribution is -2.22. The van der Waals surface area contributed by atoms with Crippen molar-refractivity contribution in [3.63, 3.8) is 0 Å². The number of imidazole rings is 1. The summed E-state index contributed by atoms with van der Waals surface area (Å²) in [5.74, 6) is 1.08. The minimum Gasteiger partial charge on any atom is -0.381 e. The molecular weight excluding hydrogens is 214 g/mol. The summed E-state index contributed by atoms with van der Waals surface area (Å²) in [5.41, 5.74) is 0. The zero-order valence-corrected chi connectivity index (χ0v) is 11.1. The Balaban J connectivity index is 1.86. The highest BCUT2D eigenvalue weighted by Gasteiger charge is 1.95. The van der Waals surface area contributed by atoms with Crippen molar-refractivity contribution >= 4 is 0 Å². The molecule has 4 nitrogen and oxygen atoms in total. The summed E-state index contributed by atoms with van der Waals surface area (Å²) in [6.45, 7) is 9.00. The Kier molecular flexibility index (Phi) is 7.67. The topological polar surface area (TPSA) is 39.1 Å². The van der Waals surface area contributed by atoms with Gasteiger partial charge < -0.3 is 14.6 Å². The molecule has 0 saturated heterocycles. The molecule has 0 aromatic carbocycles. The summed E-state index contributed by atoms with van der Waals surface area (Å²) in [7, 11) is 0. The van der Waals surface area contributed by atoms with Crippen molar-refractivity contribution in [2.75, 3.05) is 26.3 Å². The highest BCUT2D eigenvalue weighted by atomic mass is 16.5. The molecule has 1 aromatic rings. The molecule has 98 valence electrons. The van der Waals surface area contributed by atoms with Gasteiger partial charge in [0.05, 0.1) is 0 Å². The summed E-state index contributed by atoms with van der Waals surface area (Å²) in [6.07, 6.45) is 7.34. The molecule has 0 bridgehead atoms. The van der Waals surface area contributed by atoms with Gasteiger partial charge in [-0.15, -0.1) is 0 Å². The van der Waals surface area contributed by atoms with E-state index >= 15 is 0 Å². The van der Waals surface area contributed by atoms with Gasteiger partial charge in [0.15, 0.2) is 0 Å². The lowest BCUT2D eigenvalue weighted by Gasteiger charge is -2.07. The van der Waals surface area contributed by atoms with Crippen molar-refractivity contribution in [2.45, 2.75) is 39.7 Å². The maximum atomic E-state index is 5.49. The van der Waals surface area contributed by atoms with Gasteiger partial charge in [-0.2, -0.15) is 0 Å². The molecule has 1 rings (SSSR count). The number of ether oxygens (including phenoxy) is 1. The fourth-order valence-corrected chi connectivity index (χ4v) is 1.61. The number of aryl methyl sites for hydroxylation is 1. The van der Waals surface area contributed by atoms with E-state index in [2.05, 4.69) is 21.8 Å². The van der Waals surface area contributed by atoms with Crippen LogP contribution in [0.3, 0.4) is 0 Å². The molecule has 0 spiro atoms. The van der Waals surface area contributed by atoms with Crippen LogP contribution in [0.25, 0.3) is 0 Å². The first-order valence-electron chi connectivity index (χ1n) is 6.60. The van der Waals surface area contributed by atoms with Gasteiger partial charge >= 0.3 is 0 Å². The van der Waals surface area contributed by atoms with Gasteiger partial charge in [-0.05, 0) is 26.3 Å². The van der Waals surface area contributed by atoms with E-state index < -0.39 is 0 Å². The van der Waals surface area contributed by atoms with E-state index in [1.807, 2.05) is 19.3 Å². The molecule has 0 saturated carbocycles. The SMILES string of the molecule is CCCCOCCCNCCn1ccnc1C. The van der Waals surface area contributed by atoms with E-state index in [4.69, 9.17) is 4.74 Å². The summed E-state index contributed by atoms with van der Waals surface area (Å²) in [4.78, 5) is 4.19. The van der Waals surface area contributed by atoms with Crippen molar-refractivity contribution in [1.29, 1.82) is 0 Å². The average Bonchev–Trinajstić information content (AvgIpc) is 2.73. The van der Waals surface area contributed by atoms with E-state index in [9.17, 15) is 0 Å². The van der Waals surface area contributed by atoms with Crippen LogP contribution in [-0.2, 0) is 11.3 Å². The van der Waals surface area contributed by atoms with Crippen molar-refractivity contribution in [3.8, 4) is 0 Å². The minimum absolute atomic E-state index is 0.872. The van der Waals surface area contributed by atoms with Crippen molar-refractivity contribution < 1.29 is 4.74 Å². The molecule has 0 radical (unpaired) electrons. The van der Waals surface area contributed by atoms with Gasteiger partial charge in [-0.3, -0.25) is 0 Å². The van der Waals surface area contributed by atoms with E-state index in [1.165, 1.54) is 12.8 Å². The van der Waals surface area contributed by atoms with Gasteiger partial charge in [0.1, 0.15) is 5.82 Å². The Labute approximate surface area is 104 Å². The van der Waals surface area contributed by atoms with E-state index in [0.29, 0.717) is 0 Å². The van der Waals surface area contributed by atoms with Gasteiger partial charge in [-0.1, -0.05) is 13.3 Å². The van der Waals surface area contributed by atoms with Crippen molar-refractivity contribution in [1.82, 2.24) is 14.9 Å². The fraction of sp³-hybridized carbons (Fsp3) is 0.769. The summed E-state index contributed by atoms with van der Waals surface area (Å²) < 4.78 is 7.65. The smallest absolute Gasteiger partial charge is 0.105 e. The summed E-state index contributed by atoms with van der Waals surface area (Å²) >= 11 is 0. The van der Waals surface area contributed by atoms with Crippen LogP contribution in [0.15, 0.2) is 12.4 Å². The maximum Gasteiger partial charge on any atom is 0.105 e. The Bertz CT molecular complexity index is 286. The normalized spacial score (nSPS) is 10.9. The molecule has 0 atom stereocenters. The zero-order valence-electron chi connectivity index (χ0n) is 11.1. The third-order valence-electron chi connectivity index (χ3n) is 2.74. The van der Waals surface area contributed by atoms with E-state index in [-0.39, 0.29) is 0 Å². The standard InChI is InChI=1S/C13H25N3O/c1-3-4-11-17-12-5-6-14-7-9-16-10-8-15-13(16)2/h8,10,14H,3-7,9,11-12H2,1-2H3. The Morgan fingerprint density at radius 2 is 2.12 bits per heavy atom. The molecule has 0 aliphatic heterocycles. The minimum atomic E-state index is 0.872. The second-order valence-electron chi connectivity index (χ2n) is 4.24.